The van der Waals surface area contributed by atoms with Crippen LogP contribution in [0.3, 0.4) is 0 Å². The third-order valence-electron chi connectivity index (χ3n) is 4.35. The second-order valence-corrected chi connectivity index (χ2v) is 6.34. The molecule has 0 aromatic heterocycles. The van der Waals surface area contributed by atoms with E-state index in [1.807, 2.05) is 12.1 Å². The summed E-state index contributed by atoms with van der Waals surface area (Å²) in [6.07, 6.45) is 5.69. The third-order valence-corrected chi connectivity index (χ3v) is 4.35. The van der Waals surface area contributed by atoms with Crippen molar-refractivity contribution in [2.45, 2.75) is 39.0 Å². The monoisotopic (exact) mass is 333 g/mol. The number of ether oxygens (including phenoxy) is 1. The number of carbonyl (C=O) groups excluding carboxylic acids is 1. The number of benzene rings is 1. The van der Waals surface area contributed by atoms with Crippen molar-refractivity contribution >= 4 is 11.7 Å². The highest BCUT2D eigenvalue weighted by atomic mass is 16.5. The predicted molar refractivity (Wildman–Crippen MR) is 98.6 cm³/mol. The summed E-state index contributed by atoms with van der Waals surface area (Å²) in [6, 6.07) is 8.03. The molecule has 1 heterocycles. The number of urea groups is 1. The van der Waals surface area contributed by atoms with Gasteiger partial charge in [-0.05, 0) is 30.5 Å². The summed E-state index contributed by atoms with van der Waals surface area (Å²) in [5.74, 6) is 0. The number of unbranched alkanes of at least 4 members (excludes halogenated alkanes) is 3. The molecule has 1 aromatic carbocycles. The van der Waals surface area contributed by atoms with E-state index >= 15 is 0 Å². The number of morpholine rings is 1. The largest absolute Gasteiger partial charge is 0.379 e. The van der Waals surface area contributed by atoms with E-state index in [-0.39, 0.29) is 6.03 Å². The molecule has 24 heavy (non-hydrogen) atoms. The molecule has 0 aliphatic carbocycles. The Morgan fingerprint density at radius 3 is 2.58 bits per heavy atom. The van der Waals surface area contributed by atoms with Gasteiger partial charge >= 0.3 is 6.03 Å². The molecule has 0 spiro atoms. The van der Waals surface area contributed by atoms with Crippen molar-refractivity contribution < 1.29 is 9.53 Å². The van der Waals surface area contributed by atoms with E-state index in [0.717, 1.165) is 57.9 Å². The number of nitrogens with one attached hydrogen (secondary N) is 2. The number of amides is 2. The average molecular weight is 333 g/mol. The maximum absolute atomic E-state index is 11.8. The molecule has 5 heteroatoms. The SMILES string of the molecule is CCCCCCNC(=O)Nc1ccc(CCN2CCOCC2)cc1. The van der Waals surface area contributed by atoms with Gasteiger partial charge in [0.15, 0.2) is 0 Å². The molecular formula is C19H31N3O2. The van der Waals surface area contributed by atoms with E-state index in [4.69, 9.17) is 4.74 Å². The van der Waals surface area contributed by atoms with E-state index in [1.54, 1.807) is 0 Å². The van der Waals surface area contributed by atoms with Gasteiger partial charge in [-0.2, -0.15) is 0 Å². The molecule has 1 aliphatic heterocycles. The van der Waals surface area contributed by atoms with Crippen LogP contribution in [0.1, 0.15) is 38.2 Å². The Kier molecular flexibility index (Phi) is 8.63. The fraction of sp³-hybridized carbons (Fsp3) is 0.632. The fourth-order valence-electron chi connectivity index (χ4n) is 2.80. The van der Waals surface area contributed by atoms with Gasteiger partial charge in [0.25, 0.3) is 0 Å². The van der Waals surface area contributed by atoms with E-state index in [1.165, 1.54) is 24.8 Å². The lowest BCUT2D eigenvalue weighted by Gasteiger charge is -2.26. The molecule has 5 nitrogen and oxygen atoms in total. The number of hydrogen-bond donors (Lipinski definition) is 2. The van der Waals surface area contributed by atoms with E-state index < -0.39 is 0 Å². The molecule has 134 valence electrons. The Morgan fingerprint density at radius 1 is 1.12 bits per heavy atom. The zero-order chi connectivity index (χ0) is 17.0. The maximum atomic E-state index is 11.8. The van der Waals surface area contributed by atoms with Crippen molar-refractivity contribution in [1.29, 1.82) is 0 Å². The van der Waals surface area contributed by atoms with Crippen LogP contribution < -0.4 is 10.6 Å². The molecule has 2 rings (SSSR count). The maximum Gasteiger partial charge on any atom is 0.319 e. The van der Waals surface area contributed by atoms with Crippen LogP contribution in [0.15, 0.2) is 24.3 Å². The summed E-state index contributed by atoms with van der Waals surface area (Å²) in [5.41, 5.74) is 2.14. The van der Waals surface area contributed by atoms with Gasteiger partial charge in [-0.25, -0.2) is 4.79 Å². The minimum absolute atomic E-state index is 0.118. The molecule has 0 bridgehead atoms. The van der Waals surface area contributed by atoms with Crippen molar-refractivity contribution in [2.75, 3.05) is 44.7 Å². The molecular weight excluding hydrogens is 302 g/mol. The van der Waals surface area contributed by atoms with Gasteiger partial charge in [-0.1, -0.05) is 38.3 Å². The molecule has 0 radical (unpaired) electrons. The standard InChI is InChI=1S/C19H31N3O2/c1-2-3-4-5-11-20-19(23)21-18-8-6-17(7-9-18)10-12-22-13-15-24-16-14-22/h6-9H,2-5,10-16H2,1H3,(H2,20,21,23). The first kappa shape index (κ1) is 18.7. The molecule has 2 N–H and O–H groups in total. The van der Waals surface area contributed by atoms with Gasteiger partial charge in [0.2, 0.25) is 0 Å². The van der Waals surface area contributed by atoms with Crippen LogP contribution in [0.2, 0.25) is 0 Å². The topological polar surface area (TPSA) is 53.6 Å². The zero-order valence-corrected chi connectivity index (χ0v) is 14.9. The smallest absolute Gasteiger partial charge is 0.319 e. The van der Waals surface area contributed by atoms with Gasteiger partial charge < -0.3 is 15.4 Å². The van der Waals surface area contributed by atoms with Crippen LogP contribution in [-0.4, -0.2) is 50.3 Å². The molecule has 2 amide bonds. The number of rotatable bonds is 9. The van der Waals surface area contributed by atoms with Crippen LogP contribution in [0, 0.1) is 0 Å². The van der Waals surface area contributed by atoms with Crippen molar-refractivity contribution in [3.05, 3.63) is 29.8 Å². The highest BCUT2D eigenvalue weighted by Crippen LogP contribution is 2.11. The lowest BCUT2D eigenvalue weighted by molar-refractivity contribution is 0.0384. The van der Waals surface area contributed by atoms with Crippen LogP contribution in [0.25, 0.3) is 0 Å². The Labute approximate surface area is 145 Å². The normalized spacial score (nSPS) is 15.2. The number of anilines is 1. The Bertz CT molecular complexity index is 470. The summed E-state index contributed by atoms with van der Waals surface area (Å²) in [4.78, 5) is 14.3. The highest BCUT2D eigenvalue weighted by molar-refractivity contribution is 5.89. The summed E-state index contributed by atoms with van der Waals surface area (Å²) in [7, 11) is 0. The lowest BCUT2D eigenvalue weighted by atomic mass is 10.1. The van der Waals surface area contributed by atoms with Crippen LogP contribution in [-0.2, 0) is 11.2 Å². The van der Waals surface area contributed by atoms with Gasteiger partial charge in [-0.3, -0.25) is 4.90 Å². The number of carbonyl (C=O) groups is 1. The van der Waals surface area contributed by atoms with Crippen molar-refractivity contribution in [1.82, 2.24) is 10.2 Å². The quantitative estimate of drug-likeness (QED) is 0.682. The first-order valence-corrected chi connectivity index (χ1v) is 9.22. The predicted octanol–water partition coefficient (Wildman–Crippen LogP) is 3.26. The minimum Gasteiger partial charge on any atom is -0.379 e. The molecule has 0 saturated carbocycles. The highest BCUT2D eigenvalue weighted by Gasteiger charge is 2.09. The van der Waals surface area contributed by atoms with Crippen LogP contribution >= 0.6 is 0 Å². The van der Waals surface area contributed by atoms with Gasteiger partial charge in [0.05, 0.1) is 13.2 Å². The first-order chi connectivity index (χ1) is 11.8. The Hall–Kier alpha value is -1.59. The number of hydrogen-bond acceptors (Lipinski definition) is 3. The van der Waals surface area contributed by atoms with Gasteiger partial charge in [-0.15, -0.1) is 0 Å². The second-order valence-electron chi connectivity index (χ2n) is 6.34. The lowest BCUT2D eigenvalue weighted by Crippen LogP contribution is -2.37. The Balaban J connectivity index is 1.64. The van der Waals surface area contributed by atoms with Gasteiger partial charge in [0.1, 0.15) is 0 Å². The molecule has 1 aliphatic rings. The summed E-state index contributed by atoms with van der Waals surface area (Å²) in [6.45, 7) is 7.73. The van der Waals surface area contributed by atoms with E-state index in [0.29, 0.717) is 0 Å². The van der Waals surface area contributed by atoms with Crippen molar-refractivity contribution in [3.8, 4) is 0 Å². The van der Waals surface area contributed by atoms with Crippen molar-refractivity contribution in [3.63, 3.8) is 0 Å². The molecule has 1 saturated heterocycles. The van der Waals surface area contributed by atoms with Crippen LogP contribution in [0.5, 0.6) is 0 Å². The fourth-order valence-corrected chi connectivity index (χ4v) is 2.80. The summed E-state index contributed by atoms with van der Waals surface area (Å²) < 4.78 is 5.36. The summed E-state index contributed by atoms with van der Waals surface area (Å²) >= 11 is 0. The summed E-state index contributed by atoms with van der Waals surface area (Å²) in [5, 5.41) is 5.79. The van der Waals surface area contributed by atoms with Crippen LogP contribution in [0.4, 0.5) is 10.5 Å². The average Bonchev–Trinajstić information content (AvgIpc) is 2.62. The number of nitrogens with zero attached hydrogens (tertiary/aromatic N) is 1. The Morgan fingerprint density at radius 2 is 1.88 bits per heavy atom. The first-order valence-electron chi connectivity index (χ1n) is 9.22. The van der Waals surface area contributed by atoms with Gasteiger partial charge in [0, 0.05) is 31.9 Å². The third kappa shape index (κ3) is 7.32. The van der Waals surface area contributed by atoms with Crippen molar-refractivity contribution in [2.24, 2.45) is 0 Å². The molecule has 1 aromatic rings. The zero-order valence-electron chi connectivity index (χ0n) is 14.9. The molecule has 0 unspecified atom stereocenters. The minimum atomic E-state index is -0.118. The molecule has 1 fully saturated rings. The van der Waals surface area contributed by atoms with E-state index in [9.17, 15) is 4.79 Å². The molecule has 0 atom stereocenters. The van der Waals surface area contributed by atoms with E-state index in [2.05, 4.69) is 34.6 Å². The second kappa shape index (κ2) is 11.0.